The molecule has 10 heteroatoms. The van der Waals surface area contributed by atoms with Crippen molar-refractivity contribution in [1.29, 1.82) is 0 Å². The molecule has 1 saturated heterocycles. The fourth-order valence-corrected chi connectivity index (χ4v) is 4.39. The molecule has 1 aliphatic rings. The Balaban J connectivity index is 1.60. The molecule has 4 rings (SSSR count). The molecule has 0 unspecified atom stereocenters. The number of hydrogen-bond acceptors (Lipinski definition) is 6. The standard InChI is InChI=1S/C18H21BN6O2S/c1-28(26,27)24-7-4-14(5-8-24)16-9-17(21-11-13-3-2-6-20-10-13)25-18(23-16)15(19)12-22-25/h2-3,6,9-10,12,14,21H,4-5,7-8,11H2,1H3. The Morgan fingerprint density at radius 2 is 2.07 bits per heavy atom. The largest absolute Gasteiger partial charge is 0.366 e. The summed E-state index contributed by atoms with van der Waals surface area (Å²) < 4.78 is 26.7. The topological polar surface area (TPSA) is 92.5 Å². The highest BCUT2D eigenvalue weighted by Gasteiger charge is 2.27. The summed E-state index contributed by atoms with van der Waals surface area (Å²) in [5.41, 5.74) is 3.08. The van der Waals surface area contributed by atoms with Crippen LogP contribution in [0.4, 0.5) is 5.82 Å². The Morgan fingerprint density at radius 1 is 1.29 bits per heavy atom. The first-order valence-electron chi connectivity index (χ1n) is 9.14. The fraction of sp³-hybridized carbons (Fsp3) is 0.389. The number of nitrogens with one attached hydrogen (secondary N) is 1. The van der Waals surface area contributed by atoms with E-state index >= 15 is 0 Å². The van der Waals surface area contributed by atoms with E-state index < -0.39 is 10.0 Å². The zero-order chi connectivity index (χ0) is 19.7. The second kappa shape index (κ2) is 7.52. The first kappa shape index (κ1) is 18.9. The first-order valence-corrected chi connectivity index (χ1v) is 11.0. The van der Waals surface area contributed by atoms with Gasteiger partial charge in [0.05, 0.1) is 6.26 Å². The maximum atomic E-state index is 11.8. The first-order chi connectivity index (χ1) is 13.4. The predicted octanol–water partition coefficient (Wildman–Crippen LogP) is 0.669. The van der Waals surface area contributed by atoms with Gasteiger partial charge in [-0.1, -0.05) is 6.07 Å². The lowest BCUT2D eigenvalue weighted by molar-refractivity contribution is 0.318. The third-order valence-corrected chi connectivity index (χ3v) is 6.36. The van der Waals surface area contributed by atoms with Gasteiger partial charge in [-0.3, -0.25) is 4.98 Å². The smallest absolute Gasteiger partial charge is 0.211 e. The molecule has 1 aliphatic heterocycles. The monoisotopic (exact) mass is 396 g/mol. The van der Waals surface area contributed by atoms with Crippen LogP contribution in [0, 0.1) is 0 Å². The van der Waals surface area contributed by atoms with Gasteiger partial charge in [-0.2, -0.15) is 9.61 Å². The molecule has 28 heavy (non-hydrogen) atoms. The lowest BCUT2D eigenvalue weighted by Crippen LogP contribution is -2.37. The number of pyridine rings is 1. The van der Waals surface area contributed by atoms with Crippen LogP contribution in [0.2, 0.25) is 0 Å². The van der Waals surface area contributed by atoms with Crippen molar-refractivity contribution in [1.82, 2.24) is 23.9 Å². The van der Waals surface area contributed by atoms with Crippen molar-refractivity contribution < 1.29 is 8.42 Å². The molecule has 3 aromatic rings. The second-order valence-corrected chi connectivity index (χ2v) is 9.04. The number of sulfonamides is 1. The number of hydrogen-bond donors (Lipinski definition) is 1. The molecule has 0 atom stereocenters. The van der Waals surface area contributed by atoms with E-state index in [1.807, 2.05) is 24.4 Å². The van der Waals surface area contributed by atoms with Crippen LogP contribution in [0.5, 0.6) is 0 Å². The molecule has 3 aromatic heterocycles. The second-order valence-electron chi connectivity index (χ2n) is 7.05. The lowest BCUT2D eigenvalue weighted by atomic mass is 9.94. The van der Waals surface area contributed by atoms with Gasteiger partial charge in [-0.25, -0.2) is 17.7 Å². The minimum absolute atomic E-state index is 0.177. The van der Waals surface area contributed by atoms with E-state index in [0.29, 0.717) is 30.7 Å². The predicted molar refractivity (Wildman–Crippen MR) is 108 cm³/mol. The van der Waals surface area contributed by atoms with E-state index in [1.165, 1.54) is 10.6 Å². The van der Waals surface area contributed by atoms with E-state index in [9.17, 15) is 8.42 Å². The van der Waals surface area contributed by atoms with Crippen molar-refractivity contribution in [2.45, 2.75) is 25.3 Å². The van der Waals surface area contributed by atoms with Crippen molar-refractivity contribution in [2.75, 3.05) is 24.7 Å². The van der Waals surface area contributed by atoms with Gasteiger partial charge in [-0.15, -0.1) is 0 Å². The highest BCUT2D eigenvalue weighted by Crippen LogP contribution is 2.29. The lowest BCUT2D eigenvalue weighted by Gasteiger charge is -2.30. The van der Waals surface area contributed by atoms with Crippen molar-refractivity contribution >= 4 is 34.8 Å². The quantitative estimate of drug-likeness (QED) is 0.638. The van der Waals surface area contributed by atoms with Crippen LogP contribution < -0.4 is 10.8 Å². The Kier molecular flexibility index (Phi) is 5.07. The van der Waals surface area contributed by atoms with Crippen LogP contribution >= 0.6 is 0 Å². The molecular formula is C18H21BN6O2S. The summed E-state index contributed by atoms with van der Waals surface area (Å²) in [5.74, 6) is 0.974. The minimum Gasteiger partial charge on any atom is -0.366 e. The van der Waals surface area contributed by atoms with E-state index in [1.54, 1.807) is 16.9 Å². The Morgan fingerprint density at radius 3 is 2.75 bits per heavy atom. The van der Waals surface area contributed by atoms with Gasteiger partial charge in [0.25, 0.3) is 0 Å². The number of fused-ring (bicyclic) bond motifs is 1. The van der Waals surface area contributed by atoms with E-state index in [4.69, 9.17) is 12.8 Å². The molecule has 8 nitrogen and oxygen atoms in total. The molecule has 4 heterocycles. The summed E-state index contributed by atoms with van der Waals surface area (Å²) in [6.45, 7) is 1.60. The molecule has 0 amide bonds. The van der Waals surface area contributed by atoms with Gasteiger partial charge in [0, 0.05) is 55.9 Å². The number of rotatable bonds is 5. The molecule has 1 N–H and O–H groups in total. The molecule has 2 radical (unpaired) electrons. The van der Waals surface area contributed by atoms with Crippen molar-refractivity contribution in [3.05, 3.63) is 48.0 Å². The molecule has 0 saturated carbocycles. The maximum Gasteiger partial charge on any atom is 0.211 e. The van der Waals surface area contributed by atoms with Gasteiger partial charge in [0.2, 0.25) is 10.0 Å². The van der Waals surface area contributed by atoms with Crippen LogP contribution in [0.25, 0.3) is 5.65 Å². The van der Waals surface area contributed by atoms with Gasteiger partial charge in [-0.05, 0) is 29.9 Å². The molecule has 144 valence electrons. The number of piperidine rings is 1. The summed E-state index contributed by atoms with van der Waals surface area (Å²) in [4.78, 5) is 8.85. The summed E-state index contributed by atoms with van der Waals surface area (Å²) in [7, 11) is 2.91. The van der Waals surface area contributed by atoms with Gasteiger partial charge in [0.1, 0.15) is 19.3 Å². The normalized spacial score (nSPS) is 16.5. The van der Waals surface area contributed by atoms with Crippen molar-refractivity contribution in [3.63, 3.8) is 0 Å². The molecule has 0 aromatic carbocycles. The fourth-order valence-electron chi connectivity index (χ4n) is 3.51. The van der Waals surface area contributed by atoms with Crippen LogP contribution in [-0.2, 0) is 16.6 Å². The Labute approximate surface area is 165 Å². The zero-order valence-electron chi connectivity index (χ0n) is 15.6. The van der Waals surface area contributed by atoms with Gasteiger partial charge < -0.3 is 5.32 Å². The average Bonchev–Trinajstić information content (AvgIpc) is 3.07. The number of nitrogens with zero attached hydrogens (tertiary/aromatic N) is 5. The molecule has 0 spiro atoms. The SMILES string of the molecule is [B]c1cnn2c(NCc3cccnc3)cc(C3CCN(S(C)(=O)=O)CC3)nc12. The molecular weight excluding hydrogens is 375 g/mol. The van der Waals surface area contributed by atoms with Gasteiger partial charge >= 0.3 is 0 Å². The number of anilines is 1. The summed E-state index contributed by atoms with van der Waals surface area (Å²) in [5, 5.41) is 7.71. The Hall–Kier alpha value is -2.46. The average molecular weight is 396 g/mol. The molecule has 1 fully saturated rings. The molecule has 0 bridgehead atoms. The third-order valence-electron chi connectivity index (χ3n) is 5.06. The van der Waals surface area contributed by atoms with Crippen LogP contribution in [0.3, 0.4) is 0 Å². The zero-order valence-corrected chi connectivity index (χ0v) is 16.4. The minimum atomic E-state index is -3.15. The van der Waals surface area contributed by atoms with E-state index in [0.717, 1.165) is 29.9 Å². The Bertz CT molecular complexity index is 1080. The summed E-state index contributed by atoms with van der Waals surface area (Å²) in [6, 6.07) is 5.88. The maximum absolute atomic E-state index is 11.8. The van der Waals surface area contributed by atoms with Crippen molar-refractivity contribution in [3.8, 4) is 0 Å². The van der Waals surface area contributed by atoms with Crippen LogP contribution in [0.15, 0.2) is 36.8 Å². The highest BCUT2D eigenvalue weighted by atomic mass is 32.2. The highest BCUT2D eigenvalue weighted by molar-refractivity contribution is 7.88. The van der Waals surface area contributed by atoms with E-state index in [2.05, 4.69) is 15.4 Å². The third kappa shape index (κ3) is 3.88. The summed E-state index contributed by atoms with van der Waals surface area (Å²) >= 11 is 0. The van der Waals surface area contributed by atoms with Gasteiger partial charge in [0.15, 0.2) is 0 Å². The molecule has 0 aliphatic carbocycles. The van der Waals surface area contributed by atoms with Crippen LogP contribution in [0.1, 0.15) is 30.0 Å². The van der Waals surface area contributed by atoms with Crippen molar-refractivity contribution in [2.24, 2.45) is 0 Å². The van der Waals surface area contributed by atoms with E-state index in [-0.39, 0.29) is 5.92 Å². The number of aromatic nitrogens is 4. The summed E-state index contributed by atoms with van der Waals surface area (Å²) in [6.07, 6.45) is 7.85. The van der Waals surface area contributed by atoms with Crippen LogP contribution in [-0.4, -0.2) is 59.5 Å².